The molecule has 3 unspecified atom stereocenters. The van der Waals surface area contributed by atoms with Crippen LogP contribution in [0.3, 0.4) is 0 Å². The van der Waals surface area contributed by atoms with Crippen LogP contribution in [0.15, 0.2) is 0 Å². The maximum absolute atomic E-state index is 3.88. The largest absolute Gasteiger partial charge is 0.254 e. The van der Waals surface area contributed by atoms with Crippen LogP contribution in [-0.2, 0) is 0 Å². The van der Waals surface area contributed by atoms with Crippen LogP contribution in [0.5, 0.6) is 0 Å². The van der Waals surface area contributed by atoms with E-state index in [1.807, 2.05) is 0 Å². The highest BCUT2D eigenvalue weighted by Crippen LogP contribution is 2.47. The summed E-state index contributed by atoms with van der Waals surface area (Å²) in [5, 5.41) is 0. The minimum Gasteiger partial charge on any atom is -0.254 e. The molecule has 1 aliphatic heterocycles. The van der Waals surface area contributed by atoms with E-state index in [1.54, 1.807) is 0 Å². The molecule has 3 rings (SSSR count). The molecule has 0 spiro atoms. The molecule has 1 heterocycles. The molecule has 2 nitrogen and oxygen atoms in total. The molecule has 0 radical (unpaired) electrons. The van der Waals surface area contributed by atoms with E-state index in [0.717, 1.165) is 11.8 Å². The SMILES string of the molecule is CCC1CC2CCCCC2(C2CCCCCC2)NN1. The van der Waals surface area contributed by atoms with Gasteiger partial charge in [-0.3, -0.25) is 10.9 Å². The molecular weight excluding hydrogens is 232 g/mol. The van der Waals surface area contributed by atoms with Gasteiger partial charge >= 0.3 is 0 Å². The van der Waals surface area contributed by atoms with E-state index < -0.39 is 0 Å². The lowest BCUT2D eigenvalue weighted by molar-refractivity contribution is 0.00155. The van der Waals surface area contributed by atoms with Gasteiger partial charge < -0.3 is 0 Å². The zero-order valence-electron chi connectivity index (χ0n) is 12.7. The number of hydrogen-bond acceptors (Lipinski definition) is 2. The van der Waals surface area contributed by atoms with Crippen molar-refractivity contribution in [1.82, 2.24) is 10.9 Å². The molecule has 3 fully saturated rings. The van der Waals surface area contributed by atoms with E-state index >= 15 is 0 Å². The van der Waals surface area contributed by atoms with E-state index in [4.69, 9.17) is 0 Å². The zero-order valence-corrected chi connectivity index (χ0v) is 12.7. The molecule has 0 aromatic carbocycles. The normalized spacial score (nSPS) is 41.5. The van der Waals surface area contributed by atoms with Crippen LogP contribution in [0, 0.1) is 11.8 Å². The van der Waals surface area contributed by atoms with E-state index in [-0.39, 0.29) is 0 Å². The summed E-state index contributed by atoms with van der Waals surface area (Å²) in [5.41, 5.74) is 8.01. The summed E-state index contributed by atoms with van der Waals surface area (Å²) in [6.07, 6.45) is 17.3. The fraction of sp³-hybridized carbons (Fsp3) is 1.00. The van der Waals surface area contributed by atoms with Gasteiger partial charge in [0.05, 0.1) is 0 Å². The smallest absolute Gasteiger partial charge is 0.0380 e. The standard InChI is InChI=1S/C17H32N2/c1-2-16-13-15-11-7-8-12-17(15,19-18-16)14-9-5-3-4-6-10-14/h14-16,18-19H,2-13H2,1H3. The van der Waals surface area contributed by atoms with Crippen LogP contribution < -0.4 is 10.9 Å². The highest BCUT2D eigenvalue weighted by Gasteiger charge is 2.48. The molecule has 110 valence electrons. The van der Waals surface area contributed by atoms with Gasteiger partial charge in [0.1, 0.15) is 0 Å². The molecule has 1 saturated heterocycles. The van der Waals surface area contributed by atoms with Gasteiger partial charge in [-0.2, -0.15) is 0 Å². The van der Waals surface area contributed by atoms with Crippen molar-refractivity contribution in [2.45, 2.75) is 95.6 Å². The predicted octanol–water partition coefficient (Wildman–Crippen LogP) is 4.16. The summed E-state index contributed by atoms with van der Waals surface area (Å²) in [4.78, 5) is 0. The Kier molecular flexibility index (Phi) is 4.48. The van der Waals surface area contributed by atoms with E-state index in [0.29, 0.717) is 11.6 Å². The number of fused-ring (bicyclic) bond motifs is 1. The molecule has 0 aromatic heterocycles. The van der Waals surface area contributed by atoms with Crippen molar-refractivity contribution in [3.05, 3.63) is 0 Å². The van der Waals surface area contributed by atoms with Crippen LogP contribution in [0.4, 0.5) is 0 Å². The Labute approximate surface area is 119 Å². The molecule has 19 heavy (non-hydrogen) atoms. The first-order valence-electron chi connectivity index (χ1n) is 8.88. The van der Waals surface area contributed by atoms with Gasteiger partial charge in [-0.15, -0.1) is 0 Å². The van der Waals surface area contributed by atoms with Gasteiger partial charge in [0.2, 0.25) is 0 Å². The third kappa shape index (κ3) is 2.71. The van der Waals surface area contributed by atoms with Crippen molar-refractivity contribution >= 4 is 0 Å². The molecule has 2 saturated carbocycles. The fourth-order valence-electron chi connectivity index (χ4n) is 5.10. The third-order valence-electron chi connectivity index (χ3n) is 6.28. The second-order valence-electron chi connectivity index (χ2n) is 7.28. The fourth-order valence-corrected chi connectivity index (χ4v) is 5.10. The van der Waals surface area contributed by atoms with Crippen molar-refractivity contribution in [2.24, 2.45) is 11.8 Å². The lowest BCUT2D eigenvalue weighted by atomic mass is 9.61. The molecule has 0 aromatic rings. The molecule has 3 atom stereocenters. The minimum atomic E-state index is 0.453. The van der Waals surface area contributed by atoms with Crippen LogP contribution in [-0.4, -0.2) is 11.6 Å². The monoisotopic (exact) mass is 264 g/mol. The molecule has 0 amide bonds. The van der Waals surface area contributed by atoms with Crippen LogP contribution in [0.25, 0.3) is 0 Å². The lowest BCUT2D eigenvalue weighted by Crippen LogP contribution is -2.68. The van der Waals surface area contributed by atoms with Crippen molar-refractivity contribution in [2.75, 3.05) is 0 Å². The molecule has 2 N–H and O–H groups in total. The average Bonchev–Trinajstić information content (AvgIpc) is 2.76. The van der Waals surface area contributed by atoms with Gasteiger partial charge in [0.15, 0.2) is 0 Å². The first kappa shape index (κ1) is 13.9. The second-order valence-corrected chi connectivity index (χ2v) is 7.28. The summed E-state index contributed by atoms with van der Waals surface area (Å²) in [5.74, 6) is 1.88. The Balaban J connectivity index is 1.77. The predicted molar refractivity (Wildman–Crippen MR) is 80.8 cm³/mol. The van der Waals surface area contributed by atoms with Gasteiger partial charge in [0, 0.05) is 11.6 Å². The third-order valence-corrected chi connectivity index (χ3v) is 6.28. The summed E-state index contributed by atoms with van der Waals surface area (Å²) in [6.45, 7) is 2.32. The molecular formula is C17H32N2. The number of nitrogens with one attached hydrogen (secondary N) is 2. The summed E-state index contributed by atoms with van der Waals surface area (Å²) >= 11 is 0. The first-order valence-corrected chi connectivity index (χ1v) is 8.88. The topological polar surface area (TPSA) is 24.1 Å². The van der Waals surface area contributed by atoms with Gasteiger partial charge in [0.25, 0.3) is 0 Å². The van der Waals surface area contributed by atoms with Gasteiger partial charge in [-0.1, -0.05) is 45.4 Å². The minimum absolute atomic E-state index is 0.453. The molecule has 2 heteroatoms. The van der Waals surface area contributed by atoms with Crippen LogP contribution in [0.2, 0.25) is 0 Å². The maximum Gasteiger partial charge on any atom is 0.0380 e. The van der Waals surface area contributed by atoms with Crippen LogP contribution in [0.1, 0.15) is 84.0 Å². The van der Waals surface area contributed by atoms with Crippen molar-refractivity contribution in [3.8, 4) is 0 Å². The maximum atomic E-state index is 3.88. The Morgan fingerprint density at radius 1 is 0.895 bits per heavy atom. The molecule has 0 bridgehead atoms. The average molecular weight is 264 g/mol. The summed E-state index contributed by atoms with van der Waals surface area (Å²) in [7, 11) is 0. The van der Waals surface area contributed by atoms with Crippen LogP contribution >= 0.6 is 0 Å². The van der Waals surface area contributed by atoms with Gasteiger partial charge in [-0.05, 0) is 50.4 Å². The highest BCUT2D eigenvalue weighted by atomic mass is 15.4. The van der Waals surface area contributed by atoms with E-state index in [1.165, 1.54) is 77.0 Å². The summed E-state index contributed by atoms with van der Waals surface area (Å²) in [6, 6.07) is 0.710. The first-order chi connectivity index (χ1) is 9.35. The Bertz CT molecular complexity index is 283. The lowest BCUT2D eigenvalue weighted by Gasteiger charge is -2.54. The van der Waals surface area contributed by atoms with Crippen molar-refractivity contribution in [1.29, 1.82) is 0 Å². The van der Waals surface area contributed by atoms with Crippen molar-refractivity contribution < 1.29 is 0 Å². The molecule has 2 aliphatic carbocycles. The Morgan fingerprint density at radius 3 is 2.32 bits per heavy atom. The van der Waals surface area contributed by atoms with Crippen molar-refractivity contribution in [3.63, 3.8) is 0 Å². The van der Waals surface area contributed by atoms with E-state index in [9.17, 15) is 0 Å². The quantitative estimate of drug-likeness (QED) is 0.732. The summed E-state index contributed by atoms with van der Waals surface area (Å²) < 4.78 is 0. The molecule has 3 aliphatic rings. The second kappa shape index (κ2) is 6.13. The van der Waals surface area contributed by atoms with Gasteiger partial charge in [-0.25, -0.2) is 0 Å². The number of hydrazine groups is 1. The Hall–Kier alpha value is -0.0800. The zero-order chi connectivity index (χ0) is 13.1. The number of hydrogen-bond donors (Lipinski definition) is 2. The van der Waals surface area contributed by atoms with E-state index in [2.05, 4.69) is 17.8 Å². The highest BCUT2D eigenvalue weighted by molar-refractivity contribution is 5.04. The number of rotatable bonds is 2. The Morgan fingerprint density at radius 2 is 1.58 bits per heavy atom.